The van der Waals surface area contributed by atoms with Gasteiger partial charge in [0.05, 0.1) is 35.8 Å². The molecule has 32 heavy (non-hydrogen) atoms. The number of ether oxygens (including phenoxy) is 2. The Kier molecular flexibility index (Phi) is 6.94. The van der Waals surface area contributed by atoms with Crippen LogP contribution in [-0.2, 0) is 4.74 Å². The Hall–Kier alpha value is -3.07. The maximum Gasteiger partial charge on any atom is 0.265 e. The van der Waals surface area contributed by atoms with Gasteiger partial charge in [-0.05, 0) is 47.8 Å². The Morgan fingerprint density at radius 2 is 1.75 bits per heavy atom. The van der Waals surface area contributed by atoms with Crippen LogP contribution < -0.4 is 20.3 Å². The molecule has 1 aromatic heterocycles. The van der Waals surface area contributed by atoms with E-state index in [9.17, 15) is 9.59 Å². The van der Waals surface area contributed by atoms with E-state index in [0.717, 1.165) is 5.69 Å². The number of thiophene rings is 1. The highest BCUT2D eigenvalue weighted by Crippen LogP contribution is 2.30. The summed E-state index contributed by atoms with van der Waals surface area (Å²) in [5.74, 6) is 0.00400. The molecule has 2 amide bonds. The van der Waals surface area contributed by atoms with Crippen LogP contribution in [-0.4, -0.2) is 45.2 Å². The average molecular weight is 472 g/mol. The van der Waals surface area contributed by atoms with Crippen molar-refractivity contribution in [2.75, 3.05) is 48.9 Å². The predicted octanol–water partition coefficient (Wildman–Crippen LogP) is 4.75. The second-order valence-electron chi connectivity index (χ2n) is 7.07. The van der Waals surface area contributed by atoms with Crippen molar-refractivity contribution in [2.24, 2.45) is 0 Å². The van der Waals surface area contributed by atoms with Gasteiger partial charge in [-0.2, -0.15) is 0 Å². The van der Waals surface area contributed by atoms with E-state index < -0.39 is 0 Å². The van der Waals surface area contributed by atoms with Crippen molar-refractivity contribution in [3.8, 4) is 5.75 Å². The molecule has 0 spiro atoms. The highest BCUT2D eigenvalue weighted by Gasteiger charge is 2.21. The quantitative estimate of drug-likeness (QED) is 0.542. The molecule has 2 aromatic carbocycles. The Morgan fingerprint density at radius 3 is 2.44 bits per heavy atom. The summed E-state index contributed by atoms with van der Waals surface area (Å²) in [6, 6.07) is 14.0. The number of rotatable bonds is 6. The average Bonchev–Trinajstić information content (AvgIpc) is 3.35. The molecule has 0 saturated carbocycles. The van der Waals surface area contributed by atoms with E-state index in [1.54, 1.807) is 36.4 Å². The smallest absolute Gasteiger partial charge is 0.265 e. The molecule has 9 heteroatoms. The molecule has 1 saturated heterocycles. The van der Waals surface area contributed by atoms with Crippen LogP contribution in [0.1, 0.15) is 20.0 Å². The van der Waals surface area contributed by atoms with E-state index in [1.165, 1.54) is 18.4 Å². The van der Waals surface area contributed by atoms with Crippen LogP contribution in [0.4, 0.5) is 17.1 Å². The fourth-order valence-corrected chi connectivity index (χ4v) is 4.30. The summed E-state index contributed by atoms with van der Waals surface area (Å²) in [6.45, 7) is 2.53. The minimum absolute atomic E-state index is 0.215. The number of amides is 2. The summed E-state index contributed by atoms with van der Waals surface area (Å²) in [6.07, 6.45) is 0. The van der Waals surface area contributed by atoms with Gasteiger partial charge in [-0.25, -0.2) is 0 Å². The van der Waals surface area contributed by atoms with Gasteiger partial charge in [0, 0.05) is 30.2 Å². The Bertz CT molecular complexity index is 1110. The molecule has 4 rings (SSSR count). The number of morpholine rings is 1. The zero-order valence-electron chi connectivity index (χ0n) is 17.4. The topological polar surface area (TPSA) is 79.9 Å². The molecular weight excluding hydrogens is 450 g/mol. The van der Waals surface area contributed by atoms with Crippen LogP contribution in [0, 0.1) is 0 Å². The summed E-state index contributed by atoms with van der Waals surface area (Å²) in [7, 11) is 1.53. The zero-order valence-corrected chi connectivity index (χ0v) is 19.0. The second kappa shape index (κ2) is 10.0. The van der Waals surface area contributed by atoms with Crippen molar-refractivity contribution in [3.63, 3.8) is 0 Å². The molecule has 1 fully saturated rings. The summed E-state index contributed by atoms with van der Waals surface area (Å²) < 4.78 is 10.6. The van der Waals surface area contributed by atoms with Gasteiger partial charge in [-0.15, -0.1) is 11.3 Å². The third-order valence-electron chi connectivity index (χ3n) is 5.01. The summed E-state index contributed by atoms with van der Waals surface area (Å²) in [4.78, 5) is 28.4. The van der Waals surface area contributed by atoms with Gasteiger partial charge >= 0.3 is 0 Å². The van der Waals surface area contributed by atoms with E-state index >= 15 is 0 Å². The molecule has 7 nitrogen and oxygen atoms in total. The van der Waals surface area contributed by atoms with Gasteiger partial charge in [-0.1, -0.05) is 17.7 Å². The molecule has 1 aliphatic heterocycles. The lowest BCUT2D eigenvalue weighted by molar-refractivity contribution is 0.101. The molecule has 2 N–H and O–H groups in total. The number of nitrogens with one attached hydrogen (secondary N) is 2. The van der Waals surface area contributed by atoms with Crippen LogP contribution >= 0.6 is 22.9 Å². The molecule has 1 aliphatic rings. The van der Waals surface area contributed by atoms with E-state index in [2.05, 4.69) is 15.5 Å². The van der Waals surface area contributed by atoms with Gasteiger partial charge in [0.1, 0.15) is 5.75 Å². The van der Waals surface area contributed by atoms with Crippen LogP contribution in [0.5, 0.6) is 5.75 Å². The lowest BCUT2D eigenvalue weighted by Gasteiger charge is -2.30. The van der Waals surface area contributed by atoms with Gasteiger partial charge in [0.2, 0.25) is 0 Å². The Morgan fingerprint density at radius 1 is 1.03 bits per heavy atom. The predicted molar refractivity (Wildman–Crippen MR) is 128 cm³/mol. The second-order valence-corrected chi connectivity index (χ2v) is 8.42. The number of halogens is 1. The SMILES string of the molecule is COc1ccc(NC(=O)c2cc(NC(=O)c3cccs3)ccc2N2CCOCC2)cc1Cl. The number of hydrogen-bond donors (Lipinski definition) is 2. The fourth-order valence-electron chi connectivity index (χ4n) is 3.42. The highest BCUT2D eigenvalue weighted by molar-refractivity contribution is 7.12. The van der Waals surface area contributed by atoms with Crippen molar-refractivity contribution < 1.29 is 19.1 Å². The number of hydrogen-bond acceptors (Lipinski definition) is 6. The first kappa shape index (κ1) is 22.1. The molecule has 0 aliphatic carbocycles. The molecule has 0 bridgehead atoms. The summed E-state index contributed by atoms with van der Waals surface area (Å²) in [5.41, 5.74) is 2.31. The summed E-state index contributed by atoms with van der Waals surface area (Å²) in [5, 5.41) is 8.00. The third-order valence-corrected chi connectivity index (χ3v) is 6.17. The van der Waals surface area contributed by atoms with E-state index in [0.29, 0.717) is 58.9 Å². The van der Waals surface area contributed by atoms with Crippen molar-refractivity contribution in [3.05, 3.63) is 69.4 Å². The number of carbonyl (C=O) groups excluding carboxylic acids is 2. The normalized spacial score (nSPS) is 13.5. The van der Waals surface area contributed by atoms with Gasteiger partial charge in [0.25, 0.3) is 11.8 Å². The molecule has 3 aromatic rings. The Balaban J connectivity index is 1.62. The van der Waals surface area contributed by atoms with E-state index in [-0.39, 0.29) is 11.8 Å². The highest BCUT2D eigenvalue weighted by atomic mass is 35.5. The van der Waals surface area contributed by atoms with E-state index in [1.807, 2.05) is 17.5 Å². The van der Waals surface area contributed by atoms with Crippen LogP contribution in [0.25, 0.3) is 0 Å². The van der Waals surface area contributed by atoms with Gasteiger partial charge < -0.3 is 25.0 Å². The first-order valence-electron chi connectivity index (χ1n) is 10.0. The number of benzene rings is 2. The zero-order chi connectivity index (χ0) is 22.5. The first-order valence-corrected chi connectivity index (χ1v) is 11.3. The number of methoxy groups -OCH3 is 1. The van der Waals surface area contributed by atoms with Crippen molar-refractivity contribution in [1.29, 1.82) is 0 Å². The lowest BCUT2D eigenvalue weighted by atomic mass is 10.1. The van der Waals surface area contributed by atoms with Crippen molar-refractivity contribution in [1.82, 2.24) is 0 Å². The number of carbonyl (C=O) groups is 2. The minimum atomic E-state index is -0.306. The largest absolute Gasteiger partial charge is 0.495 e. The molecular formula is C23H22ClN3O4S. The Labute approximate surface area is 194 Å². The van der Waals surface area contributed by atoms with Crippen LogP contribution in [0.3, 0.4) is 0 Å². The summed E-state index contributed by atoms with van der Waals surface area (Å²) >= 11 is 7.55. The standard InChI is InChI=1S/C23H22ClN3O4S/c1-30-20-7-5-16(14-18(20)24)25-22(28)17-13-15(26-23(29)21-3-2-12-32-21)4-6-19(17)27-8-10-31-11-9-27/h2-7,12-14H,8-11H2,1H3,(H,25,28)(H,26,29). The maximum absolute atomic E-state index is 13.3. The maximum atomic E-state index is 13.3. The van der Waals surface area contributed by atoms with Gasteiger partial charge in [0.15, 0.2) is 0 Å². The van der Waals surface area contributed by atoms with Crippen molar-refractivity contribution >= 4 is 51.8 Å². The molecule has 0 unspecified atom stereocenters. The monoisotopic (exact) mass is 471 g/mol. The molecule has 2 heterocycles. The molecule has 0 atom stereocenters. The van der Waals surface area contributed by atoms with E-state index in [4.69, 9.17) is 21.1 Å². The van der Waals surface area contributed by atoms with Gasteiger partial charge in [-0.3, -0.25) is 9.59 Å². The molecule has 166 valence electrons. The van der Waals surface area contributed by atoms with Crippen LogP contribution in [0.2, 0.25) is 5.02 Å². The lowest BCUT2D eigenvalue weighted by Crippen LogP contribution is -2.37. The first-order chi connectivity index (χ1) is 15.5. The van der Waals surface area contributed by atoms with Crippen LogP contribution in [0.15, 0.2) is 53.9 Å². The third kappa shape index (κ3) is 5.04. The minimum Gasteiger partial charge on any atom is -0.495 e. The molecule has 0 radical (unpaired) electrons. The fraction of sp³-hybridized carbons (Fsp3) is 0.217. The number of anilines is 3. The number of nitrogens with zero attached hydrogens (tertiary/aromatic N) is 1. The van der Waals surface area contributed by atoms with Crippen molar-refractivity contribution in [2.45, 2.75) is 0 Å².